The van der Waals surface area contributed by atoms with Gasteiger partial charge in [0.2, 0.25) is 5.91 Å². The summed E-state index contributed by atoms with van der Waals surface area (Å²) < 4.78 is 13.4. The third-order valence-electron chi connectivity index (χ3n) is 5.10. The van der Waals surface area contributed by atoms with Crippen LogP contribution in [0.4, 0.5) is 10.1 Å². The fraction of sp³-hybridized carbons (Fsp3) is 0.364. The molecule has 5 heteroatoms. The van der Waals surface area contributed by atoms with Crippen molar-refractivity contribution < 1.29 is 14.0 Å². The monoisotopic (exact) mass is 368 g/mol. The van der Waals surface area contributed by atoms with Gasteiger partial charge in [-0.05, 0) is 73.6 Å². The molecule has 0 aliphatic carbocycles. The van der Waals surface area contributed by atoms with Crippen molar-refractivity contribution in [3.63, 3.8) is 0 Å². The molecule has 1 aliphatic rings. The molecule has 1 fully saturated rings. The Morgan fingerprint density at radius 1 is 1.15 bits per heavy atom. The number of likely N-dealkylation sites (tertiary alicyclic amines) is 1. The van der Waals surface area contributed by atoms with E-state index in [0.717, 1.165) is 30.5 Å². The second-order valence-electron chi connectivity index (χ2n) is 7.40. The Bertz CT molecular complexity index is 879. The average Bonchev–Trinajstić information content (AvgIpc) is 3.06. The normalized spacial score (nSPS) is 16.4. The molecule has 4 nitrogen and oxygen atoms in total. The summed E-state index contributed by atoms with van der Waals surface area (Å²) in [6, 6.07) is 10.6. The number of hydrogen-bond donors (Lipinski definition) is 1. The lowest BCUT2D eigenvalue weighted by Crippen LogP contribution is -2.29. The topological polar surface area (TPSA) is 49.4 Å². The first-order chi connectivity index (χ1) is 12.8. The van der Waals surface area contributed by atoms with Gasteiger partial charge in [-0.1, -0.05) is 12.1 Å². The second kappa shape index (κ2) is 7.91. The van der Waals surface area contributed by atoms with Crippen LogP contribution in [-0.4, -0.2) is 29.8 Å². The Morgan fingerprint density at radius 3 is 2.59 bits per heavy atom. The summed E-state index contributed by atoms with van der Waals surface area (Å²) in [6.07, 6.45) is 1.80. The summed E-state index contributed by atoms with van der Waals surface area (Å²) in [7, 11) is 0. The highest BCUT2D eigenvalue weighted by atomic mass is 19.1. The maximum atomic E-state index is 13.4. The van der Waals surface area contributed by atoms with Gasteiger partial charge in [0, 0.05) is 31.3 Å². The molecule has 2 aromatic rings. The zero-order chi connectivity index (χ0) is 19.6. The van der Waals surface area contributed by atoms with Gasteiger partial charge in [-0.2, -0.15) is 0 Å². The fourth-order valence-electron chi connectivity index (χ4n) is 3.71. The van der Waals surface area contributed by atoms with Crippen molar-refractivity contribution in [3.05, 3.63) is 64.5 Å². The molecule has 0 aromatic heterocycles. The number of hydrogen-bond acceptors (Lipinski definition) is 2. The standard InChI is InChI=1S/C22H25FN2O2/c1-14-11-19(24-16(3)26)5-6-20(14)22(27)25-9-8-18(13-25)12-17-4-7-21(23)15(2)10-17/h4-7,10-11,18H,8-9,12-13H2,1-3H3,(H,24,26). The molecular formula is C22H25FN2O2. The Labute approximate surface area is 159 Å². The minimum atomic E-state index is -0.180. The smallest absolute Gasteiger partial charge is 0.254 e. The molecule has 1 saturated heterocycles. The SMILES string of the molecule is CC(=O)Nc1ccc(C(=O)N2CCC(Cc3ccc(F)c(C)c3)C2)c(C)c1. The fourth-order valence-corrected chi connectivity index (χ4v) is 3.71. The third kappa shape index (κ3) is 4.54. The Morgan fingerprint density at radius 2 is 1.93 bits per heavy atom. The lowest BCUT2D eigenvalue weighted by atomic mass is 9.97. The van der Waals surface area contributed by atoms with E-state index in [4.69, 9.17) is 0 Å². The number of aryl methyl sites for hydroxylation is 2. The highest BCUT2D eigenvalue weighted by molar-refractivity contribution is 5.97. The van der Waals surface area contributed by atoms with Crippen LogP contribution in [0.5, 0.6) is 0 Å². The average molecular weight is 368 g/mol. The Hall–Kier alpha value is -2.69. The summed E-state index contributed by atoms with van der Waals surface area (Å²) in [5.74, 6) is 0.101. The molecule has 0 saturated carbocycles. The number of carbonyl (C=O) groups excluding carboxylic acids is 2. The Kier molecular flexibility index (Phi) is 5.59. The molecule has 27 heavy (non-hydrogen) atoms. The van der Waals surface area contributed by atoms with E-state index in [0.29, 0.717) is 29.3 Å². The number of halogens is 1. The van der Waals surface area contributed by atoms with Crippen LogP contribution in [0.1, 0.15) is 40.4 Å². The van der Waals surface area contributed by atoms with Crippen LogP contribution in [0, 0.1) is 25.6 Å². The largest absolute Gasteiger partial charge is 0.338 e. The first-order valence-electron chi connectivity index (χ1n) is 9.26. The quantitative estimate of drug-likeness (QED) is 0.883. The summed E-state index contributed by atoms with van der Waals surface area (Å²) in [6.45, 7) is 6.56. The molecule has 0 radical (unpaired) electrons. The summed E-state index contributed by atoms with van der Waals surface area (Å²) in [4.78, 5) is 25.9. The van der Waals surface area contributed by atoms with Gasteiger partial charge in [0.25, 0.3) is 5.91 Å². The molecule has 1 aliphatic heterocycles. The van der Waals surface area contributed by atoms with Crippen LogP contribution >= 0.6 is 0 Å². The van der Waals surface area contributed by atoms with Gasteiger partial charge in [-0.3, -0.25) is 9.59 Å². The molecule has 142 valence electrons. The number of rotatable bonds is 4. The van der Waals surface area contributed by atoms with Crippen molar-refractivity contribution in [1.29, 1.82) is 0 Å². The van der Waals surface area contributed by atoms with Gasteiger partial charge in [-0.25, -0.2) is 4.39 Å². The lowest BCUT2D eigenvalue weighted by molar-refractivity contribution is -0.114. The van der Waals surface area contributed by atoms with Gasteiger partial charge in [0.05, 0.1) is 0 Å². The third-order valence-corrected chi connectivity index (χ3v) is 5.10. The van der Waals surface area contributed by atoms with E-state index in [-0.39, 0.29) is 17.6 Å². The van der Waals surface area contributed by atoms with E-state index in [1.807, 2.05) is 30.0 Å². The van der Waals surface area contributed by atoms with Crippen molar-refractivity contribution in [2.75, 3.05) is 18.4 Å². The van der Waals surface area contributed by atoms with Crippen LogP contribution in [0.15, 0.2) is 36.4 Å². The summed E-state index contributed by atoms with van der Waals surface area (Å²) in [5.41, 5.74) is 3.99. The zero-order valence-corrected chi connectivity index (χ0v) is 16.0. The number of carbonyl (C=O) groups is 2. The Balaban J connectivity index is 1.65. The van der Waals surface area contributed by atoms with E-state index >= 15 is 0 Å². The number of nitrogens with one attached hydrogen (secondary N) is 1. The predicted octanol–water partition coefficient (Wildman–Crippen LogP) is 4.11. The molecule has 0 spiro atoms. The zero-order valence-electron chi connectivity index (χ0n) is 16.0. The molecule has 2 aromatic carbocycles. The number of anilines is 1. The van der Waals surface area contributed by atoms with Gasteiger partial charge in [0.1, 0.15) is 5.82 Å². The van der Waals surface area contributed by atoms with Gasteiger partial charge in [-0.15, -0.1) is 0 Å². The van der Waals surface area contributed by atoms with E-state index in [2.05, 4.69) is 5.32 Å². The lowest BCUT2D eigenvalue weighted by Gasteiger charge is -2.18. The van der Waals surface area contributed by atoms with E-state index in [9.17, 15) is 14.0 Å². The number of nitrogens with zero attached hydrogens (tertiary/aromatic N) is 1. The summed E-state index contributed by atoms with van der Waals surface area (Å²) in [5, 5.41) is 2.73. The van der Waals surface area contributed by atoms with Crippen LogP contribution < -0.4 is 5.32 Å². The first-order valence-corrected chi connectivity index (χ1v) is 9.26. The van der Waals surface area contributed by atoms with Crippen molar-refractivity contribution in [3.8, 4) is 0 Å². The molecule has 1 unspecified atom stereocenters. The van der Waals surface area contributed by atoms with Gasteiger partial charge in [0.15, 0.2) is 0 Å². The molecule has 1 heterocycles. The molecule has 2 amide bonds. The van der Waals surface area contributed by atoms with Crippen molar-refractivity contribution >= 4 is 17.5 Å². The molecule has 0 bridgehead atoms. The molecule has 3 rings (SSSR count). The van der Waals surface area contributed by atoms with Crippen LogP contribution in [0.3, 0.4) is 0 Å². The van der Waals surface area contributed by atoms with E-state index in [1.54, 1.807) is 19.1 Å². The highest BCUT2D eigenvalue weighted by Gasteiger charge is 2.27. The molecule has 1 N–H and O–H groups in total. The minimum Gasteiger partial charge on any atom is -0.338 e. The van der Waals surface area contributed by atoms with Gasteiger partial charge < -0.3 is 10.2 Å². The van der Waals surface area contributed by atoms with E-state index < -0.39 is 0 Å². The number of benzene rings is 2. The van der Waals surface area contributed by atoms with Crippen molar-refractivity contribution in [1.82, 2.24) is 4.90 Å². The van der Waals surface area contributed by atoms with Crippen molar-refractivity contribution in [2.45, 2.75) is 33.6 Å². The molecular weight excluding hydrogens is 343 g/mol. The minimum absolute atomic E-state index is 0.0275. The highest BCUT2D eigenvalue weighted by Crippen LogP contribution is 2.25. The van der Waals surface area contributed by atoms with Gasteiger partial charge >= 0.3 is 0 Å². The molecule has 1 atom stereocenters. The maximum absolute atomic E-state index is 13.4. The van der Waals surface area contributed by atoms with Crippen LogP contribution in [0.2, 0.25) is 0 Å². The maximum Gasteiger partial charge on any atom is 0.254 e. The van der Waals surface area contributed by atoms with Crippen LogP contribution in [0.25, 0.3) is 0 Å². The first kappa shape index (κ1) is 19.1. The number of amides is 2. The van der Waals surface area contributed by atoms with Crippen molar-refractivity contribution in [2.24, 2.45) is 5.92 Å². The second-order valence-corrected chi connectivity index (χ2v) is 7.40. The van der Waals surface area contributed by atoms with Crippen LogP contribution in [-0.2, 0) is 11.2 Å². The predicted molar refractivity (Wildman–Crippen MR) is 104 cm³/mol. The summed E-state index contributed by atoms with van der Waals surface area (Å²) >= 11 is 0. The van der Waals surface area contributed by atoms with E-state index in [1.165, 1.54) is 13.0 Å².